The van der Waals surface area contributed by atoms with Crippen molar-refractivity contribution in [3.8, 4) is 11.5 Å². The predicted molar refractivity (Wildman–Crippen MR) is 91.1 cm³/mol. The van der Waals surface area contributed by atoms with E-state index in [1.807, 2.05) is 54.7 Å². The molecule has 0 N–H and O–H groups in total. The van der Waals surface area contributed by atoms with Gasteiger partial charge in [-0.15, -0.1) is 0 Å². The Morgan fingerprint density at radius 1 is 1.00 bits per heavy atom. The summed E-state index contributed by atoms with van der Waals surface area (Å²) in [6.45, 7) is 4.80. The molecule has 1 unspecified atom stereocenters. The predicted octanol–water partition coefficient (Wildman–Crippen LogP) is 4.49. The van der Waals surface area contributed by atoms with E-state index < -0.39 is 0 Å². The molecule has 2 aromatic rings. The molecule has 0 saturated carbocycles. The van der Waals surface area contributed by atoms with Crippen LogP contribution in [0.3, 0.4) is 0 Å². The van der Waals surface area contributed by atoms with Crippen LogP contribution in [0.2, 0.25) is 0 Å². The van der Waals surface area contributed by atoms with Crippen molar-refractivity contribution in [1.82, 2.24) is 0 Å². The highest BCUT2D eigenvalue weighted by atomic mass is 16.5. The molecule has 2 aromatic carbocycles. The van der Waals surface area contributed by atoms with Crippen molar-refractivity contribution in [3.05, 3.63) is 59.7 Å². The fourth-order valence-electron chi connectivity index (χ4n) is 1.86. The topological polar surface area (TPSA) is 30.8 Å². The van der Waals surface area contributed by atoms with Crippen LogP contribution in [0.25, 0.3) is 0 Å². The first-order valence-electron chi connectivity index (χ1n) is 7.60. The van der Waals surface area contributed by atoms with Crippen LogP contribution in [0.15, 0.2) is 53.5 Å². The van der Waals surface area contributed by atoms with Crippen molar-refractivity contribution in [2.24, 2.45) is 4.99 Å². The van der Waals surface area contributed by atoms with E-state index in [4.69, 9.17) is 9.47 Å². The normalized spacial score (nSPS) is 12.3. The van der Waals surface area contributed by atoms with Crippen molar-refractivity contribution in [3.63, 3.8) is 0 Å². The molecule has 0 radical (unpaired) electrons. The molecule has 1 atom stereocenters. The average Bonchev–Trinajstić information content (AvgIpc) is 2.59. The van der Waals surface area contributed by atoms with E-state index >= 15 is 0 Å². The molecule has 0 heterocycles. The summed E-state index contributed by atoms with van der Waals surface area (Å²) in [6.07, 6.45) is 2.97. The van der Waals surface area contributed by atoms with E-state index in [0.717, 1.165) is 29.0 Å². The van der Waals surface area contributed by atoms with Gasteiger partial charge in [-0.3, -0.25) is 4.99 Å². The molecule has 0 aromatic heterocycles. The van der Waals surface area contributed by atoms with Crippen molar-refractivity contribution in [2.75, 3.05) is 7.11 Å². The summed E-state index contributed by atoms with van der Waals surface area (Å²) in [7, 11) is 1.66. The summed E-state index contributed by atoms with van der Waals surface area (Å²) in [5.74, 6) is 1.71. The van der Waals surface area contributed by atoms with Gasteiger partial charge in [0, 0.05) is 12.3 Å². The molecule has 0 saturated heterocycles. The SMILES string of the molecule is CCC(C)/N=C/c1ccc(OCc2ccc(OC)cc2)cc1. The second-order valence-electron chi connectivity index (χ2n) is 5.24. The largest absolute Gasteiger partial charge is 0.497 e. The average molecular weight is 297 g/mol. The molecular weight excluding hydrogens is 274 g/mol. The summed E-state index contributed by atoms with van der Waals surface area (Å²) >= 11 is 0. The third-order valence-corrected chi connectivity index (χ3v) is 3.51. The highest BCUT2D eigenvalue weighted by Gasteiger charge is 1.98. The fourth-order valence-corrected chi connectivity index (χ4v) is 1.86. The van der Waals surface area contributed by atoms with E-state index in [-0.39, 0.29) is 0 Å². The Bertz CT molecular complexity index is 588. The molecule has 3 heteroatoms. The number of rotatable bonds is 7. The summed E-state index contributed by atoms with van der Waals surface area (Å²) in [5.41, 5.74) is 2.21. The van der Waals surface area contributed by atoms with Gasteiger partial charge in [0.1, 0.15) is 18.1 Å². The van der Waals surface area contributed by atoms with Crippen LogP contribution in [0.1, 0.15) is 31.4 Å². The van der Waals surface area contributed by atoms with Gasteiger partial charge in [0.05, 0.1) is 7.11 Å². The summed E-state index contributed by atoms with van der Waals surface area (Å²) in [6, 6.07) is 16.2. The standard InChI is InChI=1S/C19H23NO2/c1-4-15(2)20-13-16-5-11-19(12-6-16)22-14-17-7-9-18(21-3)10-8-17/h5-13,15H,4,14H2,1-3H3/b20-13+. The molecule has 0 spiro atoms. The van der Waals surface area contributed by atoms with Crippen LogP contribution in [0.5, 0.6) is 11.5 Å². The highest BCUT2D eigenvalue weighted by molar-refractivity contribution is 5.79. The molecule has 0 aliphatic heterocycles. The van der Waals surface area contributed by atoms with Crippen molar-refractivity contribution in [1.29, 1.82) is 0 Å². The van der Waals surface area contributed by atoms with Gasteiger partial charge in [0.25, 0.3) is 0 Å². The number of methoxy groups -OCH3 is 1. The Hall–Kier alpha value is -2.29. The minimum atomic E-state index is 0.367. The molecule has 3 nitrogen and oxygen atoms in total. The van der Waals surface area contributed by atoms with Gasteiger partial charge in [-0.1, -0.05) is 19.1 Å². The zero-order valence-corrected chi connectivity index (χ0v) is 13.5. The number of ether oxygens (including phenoxy) is 2. The van der Waals surface area contributed by atoms with Gasteiger partial charge in [-0.25, -0.2) is 0 Å². The first-order chi connectivity index (χ1) is 10.7. The molecule has 0 fully saturated rings. The van der Waals surface area contributed by atoms with Crippen LogP contribution in [-0.2, 0) is 6.61 Å². The smallest absolute Gasteiger partial charge is 0.119 e. The zero-order valence-electron chi connectivity index (χ0n) is 13.5. The molecule has 0 amide bonds. The van der Waals surface area contributed by atoms with Crippen molar-refractivity contribution >= 4 is 6.21 Å². The summed E-state index contributed by atoms with van der Waals surface area (Å²) in [4.78, 5) is 4.47. The Morgan fingerprint density at radius 2 is 1.64 bits per heavy atom. The van der Waals surface area contributed by atoms with Gasteiger partial charge in [-0.05, 0) is 60.9 Å². The second kappa shape index (κ2) is 8.23. The van der Waals surface area contributed by atoms with Gasteiger partial charge < -0.3 is 9.47 Å². The van der Waals surface area contributed by atoms with E-state index in [1.54, 1.807) is 7.11 Å². The summed E-state index contributed by atoms with van der Waals surface area (Å²) < 4.78 is 10.9. The van der Waals surface area contributed by atoms with Gasteiger partial charge >= 0.3 is 0 Å². The molecule has 2 rings (SSSR count). The lowest BCUT2D eigenvalue weighted by Gasteiger charge is -2.07. The highest BCUT2D eigenvalue weighted by Crippen LogP contribution is 2.16. The lowest BCUT2D eigenvalue weighted by molar-refractivity contribution is 0.306. The summed E-state index contributed by atoms with van der Waals surface area (Å²) in [5, 5.41) is 0. The van der Waals surface area contributed by atoms with E-state index in [2.05, 4.69) is 18.8 Å². The minimum Gasteiger partial charge on any atom is -0.497 e. The molecule has 0 bridgehead atoms. The maximum absolute atomic E-state index is 5.78. The molecule has 116 valence electrons. The van der Waals surface area contributed by atoms with Crippen LogP contribution < -0.4 is 9.47 Å². The van der Waals surface area contributed by atoms with E-state index in [0.29, 0.717) is 12.6 Å². The van der Waals surface area contributed by atoms with Crippen LogP contribution in [-0.4, -0.2) is 19.4 Å². The number of hydrogen-bond donors (Lipinski definition) is 0. The van der Waals surface area contributed by atoms with Gasteiger partial charge in [0.2, 0.25) is 0 Å². The minimum absolute atomic E-state index is 0.367. The maximum atomic E-state index is 5.78. The quantitative estimate of drug-likeness (QED) is 0.705. The Morgan fingerprint density at radius 3 is 2.23 bits per heavy atom. The first-order valence-corrected chi connectivity index (χ1v) is 7.60. The van der Waals surface area contributed by atoms with Crippen molar-refractivity contribution < 1.29 is 9.47 Å². The fraction of sp³-hybridized carbons (Fsp3) is 0.316. The Balaban J connectivity index is 1.89. The monoisotopic (exact) mass is 297 g/mol. The lowest BCUT2D eigenvalue weighted by Crippen LogP contribution is -1.97. The number of aliphatic imine (C=N–C) groups is 1. The van der Waals surface area contributed by atoms with Crippen molar-refractivity contribution in [2.45, 2.75) is 32.9 Å². The lowest BCUT2D eigenvalue weighted by atomic mass is 10.2. The second-order valence-corrected chi connectivity index (χ2v) is 5.24. The Labute approximate surface area is 132 Å². The van der Waals surface area contributed by atoms with E-state index in [1.165, 1.54) is 0 Å². The Kier molecular flexibility index (Phi) is 6.01. The molecule has 22 heavy (non-hydrogen) atoms. The van der Waals surface area contributed by atoms with Gasteiger partial charge in [0.15, 0.2) is 0 Å². The first kappa shape index (κ1) is 16.1. The van der Waals surface area contributed by atoms with Gasteiger partial charge in [-0.2, -0.15) is 0 Å². The third-order valence-electron chi connectivity index (χ3n) is 3.51. The van der Waals surface area contributed by atoms with Crippen LogP contribution >= 0.6 is 0 Å². The molecule has 0 aliphatic rings. The van der Waals surface area contributed by atoms with Crippen LogP contribution in [0, 0.1) is 0 Å². The molecule has 0 aliphatic carbocycles. The zero-order chi connectivity index (χ0) is 15.8. The number of nitrogens with zero attached hydrogens (tertiary/aromatic N) is 1. The third kappa shape index (κ3) is 4.92. The number of hydrogen-bond acceptors (Lipinski definition) is 3. The molecular formula is C19H23NO2. The maximum Gasteiger partial charge on any atom is 0.119 e. The number of benzene rings is 2. The van der Waals surface area contributed by atoms with E-state index in [9.17, 15) is 0 Å². The van der Waals surface area contributed by atoms with Crippen LogP contribution in [0.4, 0.5) is 0 Å².